The van der Waals surface area contributed by atoms with Crippen LogP contribution in [-0.4, -0.2) is 29.2 Å². The number of benzene rings is 1. The number of methoxy groups -OCH3 is 2. The van der Waals surface area contributed by atoms with Gasteiger partial charge in [0.25, 0.3) is 0 Å². The van der Waals surface area contributed by atoms with Crippen molar-refractivity contribution in [3.63, 3.8) is 0 Å². The van der Waals surface area contributed by atoms with Gasteiger partial charge >= 0.3 is 0 Å². The first-order valence-corrected chi connectivity index (χ1v) is 9.51. The molecule has 0 unspecified atom stereocenters. The zero-order valence-electron chi connectivity index (χ0n) is 12.1. The standard InChI is InChI=1S/C14H16BrNO4S2/c1-19-11-4-3-10(9-12(11)20-2)7-8-16-22(17,18)14-6-5-13(15)21-14/h3-6,9,16H,7-8H2,1-2H3. The highest BCUT2D eigenvalue weighted by Gasteiger charge is 2.15. The molecule has 22 heavy (non-hydrogen) atoms. The summed E-state index contributed by atoms with van der Waals surface area (Å²) < 4.78 is 38.3. The summed E-state index contributed by atoms with van der Waals surface area (Å²) in [5, 5.41) is 0. The van der Waals surface area contributed by atoms with Crippen molar-refractivity contribution in [3.8, 4) is 11.5 Å². The van der Waals surface area contributed by atoms with E-state index in [0.29, 0.717) is 28.7 Å². The second-order valence-electron chi connectivity index (χ2n) is 4.40. The van der Waals surface area contributed by atoms with E-state index in [4.69, 9.17) is 9.47 Å². The molecular formula is C14H16BrNO4S2. The Balaban J connectivity index is 1.99. The molecule has 0 radical (unpaired) electrons. The first kappa shape index (κ1) is 17.3. The Labute approximate surface area is 142 Å². The molecule has 2 rings (SSSR count). The van der Waals surface area contributed by atoms with Crippen molar-refractivity contribution >= 4 is 37.3 Å². The lowest BCUT2D eigenvalue weighted by Crippen LogP contribution is -2.25. The average molecular weight is 406 g/mol. The van der Waals surface area contributed by atoms with Gasteiger partial charge in [-0.25, -0.2) is 13.1 Å². The summed E-state index contributed by atoms with van der Waals surface area (Å²) in [5.41, 5.74) is 0.965. The van der Waals surface area contributed by atoms with Crippen LogP contribution in [0.3, 0.4) is 0 Å². The second kappa shape index (κ2) is 7.45. The zero-order chi connectivity index (χ0) is 16.2. The molecule has 0 aliphatic carbocycles. The molecule has 0 fully saturated rings. The summed E-state index contributed by atoms with van der Waals surface area (Å²) in [6.45, 7) is 0.313. The highest BCUT2D eigenvalue weighted by Crippen LogP contribution is 2.28. The fourth-order valence-electron chi connectivity index (χ4n) is 1.88. The summed E-state index contributed by atoms with van der Waals surface area (Å²) in [6, 6.07) is 8.83. The molecule has 0 atom stereocenters. The molecule has 8 heteroatoms. The fourth-order valence-corrected chi connectivity index (χ4v) is 4.97. The maximum absolute atomic E-state index is 12.1. The molecule has 0 aliphatic rings. The van der Waals surface area contributed by atoms with Gasteiger partial charge < -0.3 is 9.47 Å². The Kier molecular flexibility index (Phi) is 5.85. The van der Waals surface area contributed by atoms with E-state index >= 15 is 0 Å². The second-order valence-corrected chi connectivity index (χ2v) is 8.85. The van der Waals surface area contributed by atoms with E-state index < -0.39 is 10.0 Å². The van der Waals surface area contributed by atoms with Crippen molar-refractivity contribution in [1.29, 1.82) is 0 Å². The molecule has 5 nitrogen and oxygen atoms in total. The molecular weight excluding hydrogens is 390 g/mol. The van der Waals surface area contributed by atoms with Crippen molar-refractivity contribution in [2.45, 2.75) is 10.6 Å². The van der Waals surface area contributed by atoms with Crippen LogP contribution in [0, 0.1) is 0 Å². The third-order valence-corrected chi connectivity index (χ3v) is 6.54. The molecule has 0 amide bonds. The summed E-state index contributed by atoms with van der Waals surface area (Å²) in [7, 11) is -0.313. The molecule has 1 N–H and O–H groups in total. The van der Waals surface area contributed by atoms with Crippen LogP contribution in [0.15, 0.2) is 38.3 Å². The minimum absolute atomic E-state index is 0.298. The minimum atomic E-state index is -3.46. The van der Waals surface area contributed by atoms with Crippen LogP contribution in [0.25, 0.3) is 0 Å². The predicted octanol–water partition coefficient (Wildman–Crippen LogP) is 3.05. The Morgan fingerprint density at radius 1 is 1.14 bits per heavy atom. The number of nitrogens with one attached hydrogen (secondary N) is 1. The summed E-state index contributed by atoms with van der Waals surface area (Å²) in [6.07, 6.45) is 0.562. The maximum atomic E-state index is 12.1. The van der Waals surface area contributed by atoms with Crippen molar-refractivity contribution < 1.29 is 17.9 Å². The van der Waals surface area contributed by atoms with Crippen LogP contribution in [0.2, 0.25) is 0 Å². The first-order chi connectivity index (χ1) is 10.5. The van der Waals surface area contributed by atoms with E-state index in [1.807, 2.05) is 12.1 Å². The molecule has 0 saturated heterocycles. The average Bonchev–Trinajstić information content (AvgIpc) is 2.94. The van der Waals surface area contributed by atoms with Gasteiger partial charge in [0.1, 0.15) is 4.21 Å². The van der Waals surface area contributed by atoms with Crippen LogP contribution < -0.4 is 14.2 Å². The zero-order valence-corrected chi connectivity index (χ0v) is 15.3. The van der Waals surface area contributed by atoms with Crippen molar-refractivity contribution in [1.82, 2.24) is 4.72 Å². The number of ether oxygens (including phenoxy) is 2. The Bertz CT molecular complexity index is 743. The highest BCUT2D eigenvalue weighted by atomic mass is 79.9. The van der Waals surface area contributed by atoms with Gasteiger partial charge in [0.05, 0.1) is 18.0 Å². The van der Waals surface area contributed by atoms with Crippen molar-refractivity contribution in [3.05, 3.63) is 39.7 Å². The summed E-state index contributed by atoms with van der Waals surface area (Å²) in [5.74, 6) is 1.28. The fraction of sp³-hybridized carbons (Fsp3) is 0.286. The smallest absolute Gasteiger partial charge is 0.250 e. The topological polar surface area (TPSA) is 64.6 Å². The van der Waals surface area contributed by atoms with E-state index in [1.165, 1.54) is 11.3 Å². The molecule has 1 aromatic heterocycles. The van der Waals surface area contributed by atoms with E-state index in [9.17, 15) is 8.42 Å². The van der Waals surface area contributed by atoms with Crippen molar-refractivity contribution in [2.75, 3.05) is 20.8 Å². The SMILES string of the molecule is COc1ccc(CCNS(=O)(=O)c2ccc(Br)s2)cc1OC. The van der Waals surface area contributed by atoms with Gasteiger partial charge in [-0.2, -0.15) is 0 Å². The van der Waals surface area contributed by atoms with Gasteiger partial charge in [-0.15, -0.1) is 11.3 Å². The molecule has 1 heterocycles. The normalized spacial score (nSPS) is 11.4. The predicted molar refractivity (Wildman–Crippen MR) is 90.5 cm³/mol. The molecule has 0 saturated carbocycles. The van der Waals surface area contributed by atoms with E-state index in [0.717, 1.165) is 9.35 Å². The number of sulfonamides is 1. The number of thiophene rings is 1. The van der Waals surface area contributed by atoms with Gasteiger partial charge in [-0.1, -0.05) is 6.07 Å². The molecule has 0 aliphatic heterocycles. The maximum Gasteiger partial charge on any atom is 0.250 e. The van der Waals surface area contributed by atoms with Gasteiger partial charge in [-0.05, 0) is 52.2 Å². The molecule has 0 spiro atoms. The number of halogens is 1. The van der Waals surface area contributed by atoms with Crippen LogP contribution in [0.4, 0.5) is 0 Å². The number of hydrogen-bond acceptors (Lipinski definition) is 5. The molecule has 0 bridgehead atoms. The monoisotopic (exact) mass is 405 g/mol. The first-order valence-electron chi connectivity index (χ1n) is 6.42. The quantitative estimate of drug-likeness (QED) is 0.768. The van der Waals surface area contributed by atoms with Crippen LogP contribution in [-0.2, 0) is 16.4 Å². The molecule has 2 aromatic rings. The lowest BCUT2D eigenvalue weighted by Gasteiger charge is -2.10. The van der Waals surface area contributed by atoms with Crippen LogP contribution in [0.1, 0.15) is 5.56 Å². The highest BCUT2D eigenvalue weighted by molar-refractivity contribution is 9.11. The van der Waals surface area contributed by atoms with Gasteiger partial charge in [0, 0.05) is 6.54 Å². The van der Waals surface area contributed by atoms with Crippen LogP contribution in [0.5, 0.6) is 11.5 Å². The third kappa shape index (κ3) is 4.22. The summed E-state index contributed by atoms with van der Waals surface area (Å²) in [4.78, 5) is 0. The van der Waals surface area contributed by atoms with E-state index in [2.05, 4.69) is 20.7 Å². The lowest BCUT2D eigenvalue weighted by molar-refractivity contribution is 0.354. The number of hydrogen-bond donors (Lipinski definition) is 1. The number of rotatable bonds is 7. The Morgan fingerprint density at radius 2 is 1.86 bits per heavy atom. The molecule has 1 aromatic carbocycles. The lowest BCUT2D eigenvalue weighted by atomic mass is 10.1. The van der Waals surface area contributed by atoms with Crippen LogP contribution >= 0.6 is 27.3 Å². The van der Waals surface area contributed by atoms with Gasteiger partial charge in [0.2, 0.25) is 10.0 Å². The molecule has 120 valence electrons. The van der Waals surface area contributed by atoms with E-state index in [1.54, 1.807) is 32.4 Å². The largest absolute Gasteiger partial charge is 0.493 e. The van der Waals surface area contributed by atoms with Gasteiger partial charge in [-0.3, -0.25) is 0 Å². The summed E-state index contributed by atoms with van der Waals surface area (Å²) >= 11 is 4.44. The van der Waals surface area contributed by atoms with E-state index in [-0.39, 0.29) is 0 Å². The third-order valence-electron chi connectivity index (χ3n) is 2.97. The Hall–Kier alpha value is -1.09. The van der Waals surface area contributed by atoms with Crippen molar-refractivity contribution in [2.24, 2.45) is 0 Å². The Morgan fingerprint density at radius 3 is 2.45 bits per heavy atom. The minimum Gasteiger partial charge on any atom is -0.493 e. The van der Waals surface area contributed by atoms with Gasteiger partial charge in [0.15, 0.2) is 11.5 Å².